The highest BCUT2D eigenvalue weighted by atomic mass is 16.1. The minimum Gasteiger partial charge on any atom is -0.368 e. The molecule has 4 rings (SSSR count). The molecule has 0 saturated carbocycles. The number of aryl methyl sites for hydroxylation is 2. The second-order valence-electron chi connectivity index (χ2n) is 7.75. The molecule has 158 valence electrons. The molecule has 4 heterocycles. The monoisotopic (exact) mass is 407 g/mol. The first-order chi connectivity index (χ1) is 14.6. The Hall–Kier alpha value is -3.00. The number of fused-ring (bicyclic) bond motifs is 1. The van der Waals surface area contributed by atoms with Gasteiger partial charge in [0.15, 0.2) is 0 Å². The van der Waals surface area contributed by atoms with Crippen LogP contribution in [0.4, 0.5) is 17.5 Å². The lowest BCUT2D eigenvalue weighted by Gasteiger charge is -2.29. The van der Waals surface area contributed by atoms with Gasteiger partial charge in [0.1, 0.15) is 11.5 Å². The van der Waals surface area contributed by atoms with E-state index in [2.05, 4.69) is 43.5 Å². The van der Waals surface area contributed by atoms with E-state index in [1.54, 1.807) is 6.07 Å². The first-order valence-corrected chi connectivity index (χ1v) is 10.7. The zero-order chi connectivity index (χ0) is 20.9. The third kappa shape index (κ3) is 4.59. The molecule has 0 bridgehead atoms. The maximum atomic E-state index is 12.0. The fourth-order valence-electron chi connectivity index (χ4n) is 3.90. The third-order valence-electron chi connectivity index (χ3n) is 5.45. The Kier molecular flexibility index (Phi) is 6.23. The van der Waals surface area contributed by atoms with E-state index in [0.29, 0.717) is 17.4 Å². The molecule has 0 amide bonds. The molecule has 3 N–H and O–H groups in total. The Morgan fingerprint density at radius 3 is 2.73 bits per heavy atom. The molecular weight excluding hydrogens is 378 g/mol. The van der Waals surface area contributed by atoms with E-state index in [0.717, 1.165) is 74.2 Å². The smallest absolute Gasteiger partial charge is 0.249 e. The Morgan fingerprint density at radius 1 is 1.17 bits per heavy atom. The minimum absolute atomic E-state index is 0.150. The van der Waals surface area contributed by atoms with E-state index < -0.39 is 0 Å². The summed E-state index contributed by atoms with van der Waals surface area (Å²) in [6, 6.07) is 5.62. The molecule has 30 heavy (non-hydrogen) atoms. The van der Waals surface area contributed by atoms with Gasteiger partial charge in [-0.15, -0.1) is 0 Å². The van der Waals surface area contributed by atoms with Gasteiger partial charge in [0, 0.05) is 37.6 Å². The maximum Gasteiger partial charge on any atom is 0.249 e. The summed E-state index contributed by atoms with van der Waals surface area (Å²) >= 11 is 0. The molecule has 8 nitrogen and oxygen atoms in total. The van der Waals surface area contributed by atoms with Crippen molar-refractivity contribution in [1.82, 2.24) is 25.3 Å². The van der Waals surface area contributed by atoms with Gasteiger partial charge < -0.3 is 20.5 Å². The summed E-state index contributed by atoms with van der Waals surface area (Å²) in [5.74, 6) is 1.14. The van der Waals surface area contributed by atoms with Crippen molar-refractivity contribution in [3.8, 4) is 0 Å². The third-order valence-corrected chi connectivity index (χ3v) is 5.45. The second kappa shape index (κ2) is 9.21. The van der Waals surface area contributed by atoms with Crippen molar-refractivity contribution in [3.05, 3.63) is 46.0 Å². The average Bonchev–Trinajstić information content (AvgIpc) is 2.74. The van der Waals surface area contributed by atoms with Crippen LogP contribution in [0.2, 0.25) is 0 Å². The van der Waals surface area contributed by atoms with Crippen LogP contribution >= 0.6 is 0 Å². The molecule has 8 heteroatoms. The summed E-state index contributed by atoms with van der Waals surface area (Å²) in [6.07, 6.45) is 6.07. The molecular formula is C22H29N7O. The van der Waals surface area contributed by atoms with Gasteiger partial charge in [-0.25, -0.2) is 9.97 Å². The zero-order valence-electron chi connectivity index (χ0n) is 17.7. The standard InChI is InChI=1S/C22H29N7O/c1-3-4-5-6-17-20-15(2)13-19(30)27-21(20)28-22(25-17)26-18-8-7-16(14-24-18)29-11-9-23-10-12-29/h7-8,13-14,23H,3-6,9-12H2,1-2H3,(H2,24,25,26,27,28,30). The first kappa shape index (κ1) is 20.3. The molecule has 3 aromatic rings. The van der Waals surface area contributed by atoms with Crippen LogP contribution in [0, 0.1) is 6.92 Å². The highest BCUT2D eigenvalue weighted by Gasteiger charge is 2.13. The predicted octanol–water partition coefficient (Wildman–Crippen LogP) is 2.91. The number of aromatic nitrogens is 4. The minimum atomic E-state index is -0.150. The number of hydrogen-bond donors (Lipinski definition) is 3. The predicted molar refractivity (Wildman–Crippen MR) is 121 cm³/mol. The average molecular weight is 408 g/mol. The molecule has 1 aliphatic heterocycles. The van der Waals surface area contributed by atoms with Gasteiger partial charge >= 0.3 is 0 Å². The molecule has 0 atom stereocenters. The van der Waals surface area contributed by atoms with E-state index in [4.69, 9.17) is 4.98 Å². The Morgan fingerprint density at radius 2 is 2.00 bits per heavy atom. The number of piperazine rings is 1. The van der Waals surface area contributed by atoms with Crippen LogP contribution < -0.4 is 21.1 Å². The van der Waals surface area contributed by atoms with E-state index in [1.165, 1.54) is 0 Å². The summed E-state index contributed by atoms with van der Waals surface area (Å²) in [5.41, 5.74) is 3.40. The molecule has 0 aliphatic carbocycles. The van der Waals surface area contributed by atoms with Crippen molar-refractivity contribution in [1.29, 1.82) is 0 Å². The van der Waals surface area contributed by atoms with Crippen LogP contribution in [-0.2, 0) is 6.42 Å². The topological polar surface area (TPSA) is 98.8 Å². The van der Waals surface area contributed by atoms with E-state index >= 15 is 0 Å². The van der Waals surface area contributed by atoms with E-state index in [9.17, 15) is 4.79 Å². The van der Waals surface area contributed by atoms with Crippen molar-refractivity contribution in [2.75, 3.05) is 36.4 Å². The molecule has 0 unspecified atom stereocenters. The molecule has 0 aromatic carbocycles. The number of nitrogens with zero attached hydrogens (tertiary/aromatic N) is 4. The van der Waals surface area contributed by atoms with Gasteiger partial charge in [-0.1, -0.05) is 19.8 Å². The number of H-pyrrole nitrogens is 1. The highest BCUT2D eigenvalue weighted by molar-refractivity contribution is 5.82. The lowest BCUT2D eigenvalue weighted by molar-refractivity contribution is 0.589. The van der Waals surface area contributed by atoms with Gasteiger partial charge in [0.25, 0.3) is 0 Å². The van der Waals surface area contributed by atoms with Gasteiger partial charge in [0.05, 0.1) is 17.6 Å². The van der Waals surface area contributed by atoms with Gasteiger partial charge in [-0.3, -0.25) is 4.79 Å². The quantitative estimate of drug-likeness (QED) is 0.518. The van der Waals surface area contributed by atoms with Crippen LogP contribution in [0.5, 0.6) is 0 Å². The van der Waals surface area contributed by atoms with Crippen LogP contribution in [0.3, 0.4) is 0 Å². The Bertz CT molecular complexity index is 1060. The summed E-state index contributed by atoms with van der Waals surface area (Å²) < 4.78 is 0. The van der Waals surface area contributed by atoms with Crippen LogP contribution in [0.15, 0.2) is 29.2 Å². The van der Waals surface area contributed by atoms with Crippen molar-refractivity contribution in [2.24, 2.45) is 0 Å². The molecule has 1 fully saturated rings. The SMILES string of the molecule is CCCCCc1nc(Nc2ccc(N3CCNCC3)cn2)nc2[nH]c(=O)cc(C)c12. The highest BCUT2D eigenvalue weighted by Crippen LogP contribution is 2.23. The molecule has 1 saturated heterocycles. The summed E-state index contributed by atoms with van der Waals surface area (Å²) in [5, 5.41) is 7.51. The molecule has 1 aliphatic rings. The fraction of sp³-hybridized carbons (Fsp3) is 0.455. The van der Waals surface area contributed by atoms with Gasteiger partial charge in [0.2, 0.25) is 11.5 Å². The Labute approximate surface area is 176 Å². The fourth-order valence-corrected chi connectivity index (χ4v) is 3.90. The van der Waals surface area contributed by atoms with Crippen LogP contribution in [0.25, 0.3) is 11.0 Å². The zero-order valence-corrected chi connectivity index (χ0v) is 17.7. The lowest BCUT2D eigenvalue weighted by atomic mass is 10.1. The van der Waals surface area contributed by atoms with Crippen molar-refractivity contribution in [2.45, 2.75) is 39.5 Å². The van der Waals surface area contributed by atoms with Crippen molar-refractivity contribution < 1.29 is 0 Å². The molecule has 0 radical (unpaired) electrons. The number of pyridine rings is 2. The number of nitrogens with one attached hydrogen (secondary N) is 3. The van der Waals surface area contributed by atoms with Crippen LogP contribution in [-0.4, -0.2) is 46.1 Å². The Balaban J connectivity index is 1.60. The molecule has 3 aromatic heterocycles. The molecule has 0 spiro atoms. The number of aromatic amines is 1. The van der Waals surface area contributed by atoms with Gasteiger partial charge in [-0.2, -0.15) is 4.98 Å². The largest absolute Gasteiger partial charge is 0.368 e. The summed E-state index contributed by atoms with van der Waals surface area (Å²) in [4.78, 5) is 31.0. The van der Waals surface area contributed by atoms with Gasteiger partial charge in [-0.05, 0) is 37.5 Å². The summed E-state index contributed by atoms with van der Waals surface area (Å²) in [7, 11) is 0. The maximum absolute atomic E-state index is 12.0. The lowest BCUT2D eigenvalue weighted by Crippen LogP contribution is -2.43. The normalized spacial score (nSPS) is 14.3. The van der Waals surface area contributed by atoms with E-state index in [1.807, 2.05) is 19.2 Å². The first-order valence-electron chi connectivity index (χ1n) is 10.7. The van der Waals surface area contributed by atoms with E-state index in [-0.39, 0.29) is 5.56 Å². The number of hydrogen-bond acceptors (Lipinski definition) is 7. The number of anilines is 3. The van der Waals surface area contributed by atoms with Crippen molar-refractivity contribution in [3.63, 3.8) is 0 Å². The van der Waals surface area contributed by atoms with Crippen molar-refractivity contribution >= 4 is 28.5 Å². The number of rotatable bonds is 7. The van der Waals surface area contributed by atoms with Crippen LogP contribution in [0.1, 0.15) is 37.4 Å². The second-order valence-corrected chi connectivity index (χ2v) is 7.75. The number of unbranched alkanes of at least 4 members (excludes halogenated alkanes) is 2. The summed E-state index contributed by atoms with van der Waals surface area (Å²) in [6.45, 7) is 8.07.